The van der Waals surface area contributed by atoms with Gasteiger partial charge in [0.2, 0.25) is 0 Å². The Bertz CT molecular complexity index is 773. The van der Waals surface area contributed by atoms with Crippen molar-refractivity contribution in [2.75, 3.05) is 23.9 Å². The van der Waals surface area contributed by atoms with E-state index in [0.717, 1.165) is 53.0 Å². The van der Waals surface area contributed by atoms with Crippen LogP contribution >= 0.6 is 31.9 Å². The largest absolute Gasteiger partial charge is 0.493 e. The van der Waals surface area contributed by atoms with Gasteiger partial charge in [-0.05, 0) is 38.2 Å². The van der Waals surface area contributed by atoms with Crippen molar-refractivity contribution in [2.45, 2.75) is 58.3 Å². The summed E-state index contributed by atoms with van der Waals surface area (Å²) < 4.78 is 17.4. The number of halogens is 2. The summed E-state index contributed by atoms with van der Waals surface area (Å²) in [6, 6.07) is 5.23. The van der Waals surface area contributed by atoms with Crippen molar-refractivity contribution in [1.82, 2.24) is 0 Å². The van der Waals surface area contributed by atoms with E-state index in [1.807, 2.05) is 13.0 Å². The molecule has 0 aliphatic heterocycles. The zero-order valence-corrected chi connectivity index (χ0v) is 19.8. The zero-order chi connectivity index (χ0) is 20.2. The van der Waals surface area contributed by atoms with Crippen molar-refractivity contribution < 1.29 is 13.9 Å². The smallest absolute Gasteiger partial charge is 0.336 e. The number of aryl methyl sites for hydroxylation is 1. The van der Waals surface area contributed by atoms with Crippen LogP contribution in [0.25, 0.3) is 11.0 Å². The fraction of sp³-hybridized carbons (Fsp3) is 0.591. The van der Waals surface area contributed by atoms with Crippen LogP contribution in [0.15, 0.2) is 27.4 Å². The molecule has 1 aromatic heterocycles. The van der Waals surface area contributed by atoms with Crippen molar-refractivity contribution in [1.29, 1.82) is 0 Å². The molecule has 0 amide bonds. The molecule has 0 radical (unpaired) electrons. The van der Waals surface area contributed by atoms with Crippen LogP contribution in [0, 0.1) is 6.92 Å². The molecule has 0 bridgehead atoms. The summed E-state index contributed by atoms with van der Waals surface area (Å²) in [5.74, 6) is 1.42. The molecule has 4 nitrogen and oxygen atoms in total. The van der Waals surface area contributed by atoms with Gasteiger partial charge in [-0.2, -0.15) is 0 Å². The van der Waals surface area contributed by atoms with Crippen LogP contribution in [0.1, 0.15) is 56.9 Å². The first-order valence-electron chi connectivity index (χ1n) is 10.1. The second kappa shape index (κ2) is 13.3. The molecule has 6 heteroatoms. The van der Waals surface area contributed by atoms with Gasteiger partial charge in [-0.3, -0.25) is 0 Å². The highest BCUT2D eigenvalue weighted by Gasteiger charge is 2.12. The van der Waals surface area contributed by atoms with E-state index in [0.29, 0.717) is 24.5 Å². The molecule has 0 fully saturated rings. The SMILES string of the molecule is Cc1cc(=O)oc2cc(OCCCCCCBr)cc(OCCCCCCBr)c12. The second-order valence-corrected chi connectivity index (χ2v) is 8.53. The van der Waals surface area contributed by atoms with Gasteiger partial charge in [0.05, 0.1) is 18.6 Å². The lowest BCUT2D eigenvalue weighted by Gasteiger charge is -2.13. The van der Waals surface area contributed by atoms with Crippen LogP contribution < -0.4 is 15.1 Å². The van der Waals surface area contributed by atoms with E-state index < -0.39 is 0 Å². The molecule has 1 aromatic carbocycles. The molecule has 0 spiro atoms. The average molecular weight is 518 g/mol. The van der Waals surface area contributed by atoms with E-state index in [9.17, 15) is 4.79 Å². The molecule has 0 saturated carbocycles. The maximum atomic E-state index is 11.8. The number of rotatable bonds is 14. The maximum absolute atomic E-state index is 11.8. The van der Waals surface area contributed by atoms with Crippen molar-refractivity contribution in [3.8, 4) is 11.5 Å². The first kappa shape index (κ1) is 23.3. The highest BCUT2D eigenvalue weighted by atomic mass is 79.9. The van der Waals surface area contributed by atoms with Crippen molar-refractivity contribution in [2.24, 2.45) is 0 Å². The minimum absolute atomic E-state index is 0.349. The minimum atomic E-state index is -0.349. The monoisotopic (exact) mass is 516 g/mol. The van der Waals surface area contributed by atoms with Crippen LogP contribution in [0.3, 0.4) is 0 Å². The second-order valence-electron chi connectivity index (χ2n) is 6.95. The summed E-state index contributed by atoms with van der Waals surface area (Å²) in [5, 5.41) is 2.95. The molecule has 2 rings (SSSR count). The van der Waals surface area contributed by atoms with Gasteiger partial charge >= 0.3 is 5.63 Å². The molecule has 0 unspecified atom stereocenters. The Labute approximate surface area is 184 Å². The topological polar surface area (TPSA) is 48.7 Å². The third kappa shape index (κ3) is 7.78. The molecule has 0 aliphatic carbocycles. The van der Waals surface area contributed by atoms with Crippen LogP contribution in [-0.4, -0.2) is 23.9 Å². The highest BCUT2D eigenvalue weighted by molar-refractivity contribution is 9.09. The number of alkyl halides is 2. The third-order valence-corrected chi connectivity index (χ3v) is 5.68. The molecule has 156 valence electrons. The summed E-state index contributed by atoms with van der Waals surface area (Å²) in [5.41, 5.74) is 1.04. The number of hydrogen-bond donors (Lipinski definition) is 0. The van der Waals surface area contributed by atoms with Gasteiger partial charge in [-0.25, -0.2) is 4.79 Å². The summed E-state index contributed by atoms with van der Waals surface area (Å²) in [6.45, 7) is 3.20. The van der Waals surface area contributed by atoms with Crippen molar-refractivity contribution in [3.63, 3.8) is 0 Å². The first-order valence-corrected chi connectivity index (χ1v) is 12.4. The molecular weight excluding hydrogens is 488 g/mol. The fourth-order valence-electron chi connectivity index (χ4n) is 3.09. The van der Waals surface area contributed by atoms with Crippen molar-refractivity contribution in [3.05, 3.63) is 34.2 Å². The molecule has 0 N–H and O–H groups in total. The predicted octanol–water partition coefficient (Wildman–Crippen LogP) is 6.77. The maximum Gasteiger partial charge on any atom is 0.336 e. The lowest BCUT2D eigenvalue weighted by molar-refractivity contribution is 0.292. The molecule has 0 saturated heterocycles. The number of ether oxygens (including phenoxy) is 2. The standard InChI is InChI=1S/C22H30Br2O4/c1-17-14-21(25)28-20-16-18(26-12-8-4-2-6-10-23)15-19(22(17)20)27-13-9-5-3-7-11-24/h14-16H,2-13H2,1H3. The Morgan fingerprint density at radius 3 is 2.07 bits per heavy atom. The van der Waals surface area contributed by atoms with Crippen LogP contribution in [0.2, 0.25) is 0 Å². The van der Waals surface area contributed by atoms with Crippen molar-refractivity contribution >= 4 is 42.8 Å². The Hall–Kier alpha value is -1.01. The van der Waals surface area contributed by atoms with Gasteiger partial charge in [0.15, 0.2) is 0 Å². The number of hydrogen-bond acceptors (Lipinski definition) is 4. The van der Waals surface area contributed by atoms with Gasteiger partial charge in [0.25, 0.3) is 0 Å². The Morgan fingerprint density at radius 1 is 0.821 bits per heavy atom. The summed E-state index contributed by atoms with van der Waals surface area (Å²) in [7, 11) is 0. The average Bonchev–Trinajstić information content (AvgIpc) is 2.66. The summed E-state index contributed by atoms with van der Waals surface area (Å²) in [6.07, 6.45) is 9.06. The van der Waals surface area contributed by atoms with Gasteiger partial charge in [-0.1, -0.05) is 57.5 Å². The molecule has 0 aliphatic rings. The van der Waals surface area contributed by atoms with E-state index in [4.69, 9.17) is 13.9 Å². The highest BCUT2D eigenvalue weighted by Crippen LogP contribution is 2.33. The van der Waals surface area contributed by atoms with Crippen LogP contribution in [0.4, 0.5) is 0 Å². The summed E-state index contributed by atoms with van der Waals surface area (Å²) in [4.78, 5) is 11.8. The van der Waals surface area contributed by atoms with Crippen LogP contribution in [-0.2, 0) is 0 Å². The number of unbranched alkanes of at least 4 members (excludes halogenated alkanes) is 6. The third-order valence-electron chi connectivity index (χ3n) is 4.56. The van der Waals surface area contributed by atoms with Gasteiger partial charge < -0.3 is 13.9 Å². The molecule has 0 atom stereocenters. The Morgan fingerprint density at radius 2 is 1.43 bits per heavy atom. The number of benzene rings is 1. The van der Waals surface area contributed by atoms with Gasteiger partial charge in [-0.15, -0.1) is 0 Å². The van der Waals surface area contributed by atoms with E-state index in [1.54, 1.807) is 6.07 Å². The van der Waals surface area contributed by atoms with Crippen LogP contribution in [0.5, 0.6) is 11.5 Å². The Balaban J connectivity index is 2.05. The molecule has 28 heavy (non-hydrogen) atoms. The van der Waals surface area contributed by atoms with Gasteiger partial charge in [0.1, 0.15) is 17.1 Å². The lowest BCUT2D eigenvalue weighted by atomic mass is 10.1. The summed E-state index contributed by atoms with van der Waals surface area (Å²) >= 11 is 6.91. The fourth-order valence-corrected chi connectivity index (χ4v) is 3.88. The predicted molar refractivity (Wildman–Crippen MR) is 123 cm³/mol. The van der Waals surface area contributed by atoms with E-state index >= 15 is 0 Å². The quantitative estimate of drug-likeness (QED) is 0.157. The first-order chi connectivity index (χ1) is 13.7. The normalized spacial score (nSPS) is 11.1. The zero-order valence-electron chi connectivity index (χ0n) is 16.6. The molecular formula is C22H30Br2O4. The van der Waals surface area contributed by atoms with E-state index in [1.165, 1.54) is 31.7 Å². The van der Waals surface area contributed by atoms with Gasteiger partial charge in [0, 0.05) is 28.9 Å². The minimum Gasteiger partial charge on any atom is -0.493 e. The number of fused-ring (bicyclic) bond motifs is 1. The Kier molecular flexibility index (Phi) is 11.0. The molecule has 1 heterocycles. The molecule has 2 aromatic rings. The van der Waals surface area contributed by atoms with E-state index in [2.05, 4.69) is 31.9 Å². The lowest BCUT2D eigenvalue weighted by Crippen LogP contribution is -2.04. The van der Waals surface area contributed by atoms with E-state index in [-0.39, 0.29) is 5.63 Å².